The summed E-state index contributed by atoms with van der Waals surface area (Å²) in [4.78, 5) is 8.80. The van der Waals surface area contributed by atoms with Gasteiger partial charge in [0.15, 0.2) is 11.0 Å². The highest BCUT2D eigenvalue weighted by molar-refractivity contribution is 7.98. The predicted octanol–water partition coefficient (Wildman–Crippen LogP) is 3.99. The van der Waals surface area contributed by atoms with E-state index in [4.69, 9.17) is 4.74 Å². The topological polar surface area (TPSA) is 65.7 Å². The lowest BCUT2D eigenvalue weighted by Crippen LogP contribution is -2.02. The molecule has 3 heterocycles. The minimum Gasteiger partial charge on any atom is -0.496 e. The number of aromatic nitrogens is 5. The molecular weight excluding hydrogens is 346 g/mol. The summed E-state index contributed by atoms with van der Waals surface area (Å²) in [5.41, 5.74) is 4.17. The maximum Gasteiger partial charge on any atom is 0.192 e. The van der Waals surface area contributed by atoms with Crippen LogP contribution < -0.4 is 4.74 Å². The van der Waals surface area contributed by atoms with E-state index in [1.165, 1.54) is 12.8 Å². The van der Waals surface area contributed by atoms with Gasteiger partial charge in [-0.05, 0) is 38.8 Å². The zero-order chi connectivity index (χ0) is 18.1. The van der Waals surface area contributed by atoms with E-state index in [9.17, 15) is 0 Å². The smallest absolute Gasteiger partial charge is 0.192 e. The van der Waals surface area contributed by atoms with Crippen molar-refractivity contribution < 1.29 is 4.74 Å². The third-order valence-electron chi connectivity index (χ3n) is 4.58. The molecule has 0 aliphatic heterocycles. The minimum atomic E-state index is 0.490. The van der Waals surface area contributed by atoms with Crippen LogP contribution >= 0.6 is 11.8 Å². The van der Waals surface area contributed by atoms with Gasteiger partial charge in [0.05, 0.1) is 12.8 Å². The first-order chi connectivity index (χ1) is 12.7. The van der Waals surface area contributed by atoms with Crippen molar-refractivity contribution in [1.29, 1.82) is 0 Å². The first-order valence-corrected chi connectivity index (χ1v) is 9.64. The van der Waals surface area contributed by atoms with Gasteiger partial charge < -0.3 is 4.74 Å². The monoisotopic (exact) mass is 367 g/mol. The van der Waals surface area contributed by atoms with Crippen LogP contribution in [-0.2, 0) is 5.75 Å². The van der Waals surface area contributed by atoms with Crippen molar-refractivity contribution in [2.75, 3.05) is 7.11 Å². The van der Waals surface area contributed by atoms with E-state index in [1.54, 1.807) is 25.1 Å². The van der Waals surface area contributed by atoms with Crippen LogP contribution in [0.5, 0.6) is 5.75 Å². The van der Waals surface area contributed by atoms with E-state index >= 15 is 0 Å². The molecule has 1 saturated carbocycles. The van der Waals surface area contributed by atoms with Crippen LogP contribution in [0.15, 0.2) is 35.9 Å². The van der Waals surface area contributed by atoms with Gasteiger partial charge in [0.1, 0.15) is 5.75 Å². The van der Waals surface area contributed by atoms with E-state index in [-0.39, 0.29) is 0 Å². The highest BCUT2D eigenvalue weighted by atomic mass is 32.2. The molecule has 1 aliphatic carbocycles. The highest BCUT2D eigenvalue weighted by Crippen LogP contribution is 2.41. The molecular formula is C19H21N5OS. The zero-order valence-electron chi connectivity index (χ0n) is 15.1. The van der Waals surface area contributed by atoms with Crippen LogP contribution in [0.4, 0.5) is 0 Å². The third kappa shape index (κ3) is 3.19. The Labute approximate surface area is 157 Å². The molecule has 0 unspecified atom stereocenters. The molecule has 1 aliphatic rings. The predicted molar refractivity (Wildman–Crippen MR) is 101 cm³/mol. The van der Waals surface area contributed by atoms with Gasteiger partial charge in [-0.1, -0.05) is 11.8 Å². The first kappa shape index (κ1) is 17.0. The Hall–Kier alpha value is -2.41. The van der Waals surface area contributed by atoms with Gasteiger partial charge in [-0.25, -0.2) is 0 Å². The molecule has 6 nitrogen and oxygen atoms in total. The van der Waals surface area contributed by atoms with E-state index in [1.807, 2.05) is 31.5 Å². The quantitative estimate of drug-likeness (QED) is 0.614. The number of hydrogen-bond donors (Lipinski definition) is 0. The van der Waals surface area contributed by atoms with E-state index in [0.717, 1.165) is 44.9 Å². The summed E-state index contributed by atoms with van der Waals surface area (Å²) < 4.78 is 7.77. The maximum atomic E-state index is 5.51. The average molecular weight is 367 g/mol. The molecule has 3 aromatic rings. The number of methoxy groups -OCH3 is 1. The van der Waals surface area contributed by atoms with Crippen LogP contribution in [0.1, 0.15) is 35.7 Å². The summed E-state index contributed by atoms with van der Waals surface area (Å²) in [6.07, 6.45) is 7.83. The number of nitrogens with zero attached hydrogens (tertiary/aromatic N) is 5. The van der Waals surface area contributed by atoms with Gasteiger partial charge in [-0.15, -0.1) is 10.2 Å². The first-order valence-electron chi connectivity index (χ1n) is 8.66. The molecule has 0 aromatic carbocycles. The van der Waals surface area contributed by atoms with Crippen LogP contribution in [0.3, 0.4) is 0 Å². The summed E-state index contributed by atoms with van der Waals surface area (Å²) >= 11 is 1.67. The lowest BCUT2D eigenvalue weighted by atomic mass is 10.1. The molecule has 26 heavy (non-hydrogen) atoms. The molecule has 134 valence electrons. The normalized spacial score (nSPS) is 13.8. The van der Waals surface area contributed by atoms with E-state index < -0.39 is 0 Å². The van der Waals surface area contributed by atoms with Crippen molar-refractivity contribution >= 4 is 11.8 Å². The molecule has 0 spiro atoms. The summed E-state index contributed by atoms with van der Waals surface area (Å²) in [6, 6.07) is 4.45. The Morgan fingerprint density at radius 3 is 2.77 bits per heavy atom. The zero-order valence-corrected chi connectivity index (χ0v) is 16.0. The molecule has 3 aromatic heterocycles. The fraction of sp³-hybridized carbons (Fsp3) is 0.368. The molecule has 0 atom stereocenters. The lowest BCUT2D eigenvalue weighted by Gasteiger charge is -2.12. The molecule has 7 heteroatoms. The Bertz CT molecular complexity index is 921. The van der Waals surface area contributed by atoms with E-state index in [0.29, 0.717) is 6.04 Å². The van der Waals surface area contributed by atoms with Gasteiger partial charge in [-0.3, -0.25) is 14.5 Å². The molecule has 0 radical (unpaired) electrons. The van der Waals surface area contributed by atoms with Gasteiger partial charge in [0.25, 0.3) is 0 Å². The fourth-order valence-corrected chi connectivity index (χ4v) is 4.11. The summed E-state index contributed by atoms with van der Waals surface area (Å²) in [5.74, 6) is 2.55. The van der Waals surface area contributed by atoms with Gasteiger partial charge >= 0.3 is 0 Å². The fourth-order valence-electron chi connectivity index (χ4n) is 3.08. The Balaban J connectivity index is 1.61. The third-order valence-corrected chi connectivity index (χ3v) is 5.54. The summed E-state index contributed by atoms with van der Waals surface area (Å²) in [6.45, 7) is 4.07. The van der Waals surface area contributed by atoms with Gasteiger partial charge in [0.2, 0.25) is 0 Å². The largest absolute Gasteiger partial charge is 0.496 e. The van der Waals surface area contributed by atoms with Crippen molar-refractivity contribution in [2.45, 2.75) is 43.6 Å². The second-order valence-corrected chi connectivity index (χ2v) is 7.43. The van der Waals surface area contributed by atoms with Crippen LogP contribution in [-0.4, -0.2) is 31.8 Å². The van der Waals surface area contributed by atoms with Crippen molar-refractivity contribution in [3.05, 3.63) is 47.5 Å². The maximum absolute atomic E-state index is 5.51. The molecule has 4 rings (SSSR count). The Kier molecular flexibility index (Phi) is 4.63. The number of hydrogen-bond acceptors (Lipinski definition) is 6. The van der Waals surface area contributed by atoms with Crippen LogP contribution in [0.25, 0.3) is 11.4 Å². The summed E-state index contributed by atoms with van der Waals surface area (Å²) in [7, 11) is 1.70. The number of rotatable bonds is 6. The SMILES string of the molecule is COc1c(C)cnc(CSc2nnc(-c3cccnc3)n2C2CC2)c1C. The molecule has 1 fully saturated rings. The van der Waals surface area contributed by atoms with Crippen molar-refractivity contribution in [2.24, 2.45) is 0 Å². The van der Waals surface area contributed by atoms with Crippen molar-refractivity contribution in [3.8, 4) is 17.1 Å². The Morgan fingerprint density at radius 2 is 2.08 bits per heavy atom. The standard InChI is InChI=1S/C19H21N5OS/c1-12-9-21-16(13(2)17(12)25-3)11-26-19-23-22-18(24(19)15-6-7-15)14-5-4-8-20-10-14/h4-5,8-10,15H,6-7,11H2,1-3H3. The second kappa shape index (κ2) is 7.07. The van der Waals surface area contributed by atoms with Crippen molar-refractivity contribution in [3.63, 3.8) is 0 Å². The molecule has 0 amide bonds. The molecule has 0 N–H and O–H groups in total. The summed E-state index contributed by atoms with van der Waals surface area (Å²) in [5, 5.41) is 9.82. The second-order valence-electron chi connectivity index (χ2n) is 6.48. The molecule has 0 saturated heterocycles. The number of pyridine rings is 2. The number of ether oxygens (including phenoxy) is 1. The number of aryl methyl sites for hydroxylation is 1. The van der Waals surface area contributed by atoms with Crippen LogP contribution in [0.2, 0.25) is 0 Å². The average Bonchev–Trinajstić information content (AvgIpc) is 3.41. The van der Waals surface area contributed by atoms with Gasteiger partial charge in [0, 0.05) is 47.1 Å². The minimum absolute atomic E-state index is 0.490. The molecule has 0 bridgehead atoms. The van der Waals surface area contributed by atoms with Crippen LogP contribution in [0, 0.1) is 13.8 Å². The highest BCUT2D eigenvalue weighted by Gasteiger charge is 2.30. The Morgan fingerprint density at radius 1 is 1.23 bits per heavy atom. The van der Waals surface area contributed by atoms with Gasteiger partial charge in [-0.2, -0.15) is 0 Å². The van der Waals surface area contributed by atoms with Crippen molar-refractivity contribution in [1.82, 2.24) is 24.7 Å². The van der Waals surface area contributed by atoms with E-state index in [2.05, 4.69) is 31.7 Å². The number of thioether (sulfide) groups is 1. The lowest BCUT2D eigenvalue weighted by molar-refractivity contribution is 0.407.